The number of nitrogens with zero attached hydrogens (tertiary/aromatic N) is 3. The summed E-state index contributed by atoms with van der Waals surface area (Å²) in [6.45, 7) is 4.63. The van der Waals surface area contributed by atoms with Gasteiger partial charge in [-0.3, -0.25) is 0 Å². The predicted molar refractivity (Wildman–Crippen MR) is 166 cm³/mol. The van der Waals surface area contributed by atoms with Gasteiger partial charge in [0.2, 0.25) is 0 Å². The maximum absolute atomic E-state index is 6.07. The number of rotatable bonds is 9. The van der Waals surface area contributed by atoms with E-state index < -0.39 is 0 Å². The first-order valence-electron chi connectivity index (χ1n) is 14.2. The standard InChI is InChI=1S/C33H36N6/c34-16-7-19-37-25-13-4-1-10-22(25)28-31(37)29-24-12-3-6-15-27(24)39(21-9-18-36)33(29)30-23-11-2-5-14-26(23)38(32(28)30)20-8-17-35/h1-6,10-15H,7-9,16-21,34-36H2. The van der Waals surface area contributed by atoms with Crippen LogP contribution < -0.4 is 17.2 Å². The van der Waals surface area contributed by atoms with Gasteiger partial charge in [0.15, 0.2) is 0 Å². The van der Waals surface area contributed by atoms with Crippen molar-refractivity contribution in [1.82, 2.24) is 13.7 Å². The quantitative estimate of drug-likeness (QED) is 0.218. The summed E-state index contributed by atoms with van der Waals surface area (Å²) >= 11 is 0. The Morgan fingerprint density at radius 1 is 0.410 bits per heavy atom. The molecule has 4 aromatic carbocycles. The van der Waals surface area contributed by atoms with Crippen LogP contribution in [-0.2, 0) is 19.6 Å². The number of aryl methyl sites for hydroxylation is 3. The molecule has 6 heteroatoms. The van der Waals surface area contributed by atoms with E-state index in [1.807, 2.05) is 0 Å². The zero-order valence-corrected chi connectivity index (χ0v) is 22.4. The van der Waals surface area contributed by atoms with Gasteiger partial charge in [-0.15, -0.1) is 0 Å². The molecule has 0 saturated carbocycles. The molecule has 0 aliphatic rings. The van der Waals surface area contributed by atoms with Crippen LogP contribution in [0.1, 0.15) is 19.3 Å². The molecular formula is C33H36N6. The van der Waals surface area contributed by atoms with E-state index in [2.05, 4.69) is 86.5 Å². The van der Waals surface area contributed by atoms with E-state index in [1.54, 1.807) is 0 Å². The minimum Gasteiger partial charge on any atom is -0.340 e. The molecular weight excluding hydrogens is 480 g/mol. The van der Waals surface area contributed by atoms with Crippen molar-refractivity contribution in [3.05, 3.63) is 72.8 Å². The monoisotopic (exact) mass is 516 g/mol. The summed E-state index contributed by atoms with van der Waals surface area (Å²) in [5.74, 6) is 0. The second kappa shape index (κ2) is 9.72. The summed E-state index contributed by atoms with van der Waals surface area (Å²) < 4.78 is 7.60. The van der Waals surface area contributed by atoms with Gasteiger partial charge in [0.25, 0.3) is 0 Å². The highest BCUT2D eigenvalue weighted by Gasteiger charge is 2.26. The molecule has 0 bridgehead atoms. The molecule has 0 fully saturated rings. The van der Waals surface area contributed by atoms with Crippen LogP contribution in [0.15, 0.2) is 72.8 Å². The molecule has 0 aliphatic carbocycles. The minimum atomic E-state index is 0.661. The second-order valence-corrected chi connectivity index (χ2v) is 10.6. The topological polar surface area (TPSA) is 92.8 Å². The molecule has 6 N–H and O–H groups in total. The van der Waals surface area contributed by atoms with E-state index in [0.29, 0.717) is 19.6 Å². The van der Waals surface area contributed by atoms with Gasteiger partial charge in [-0.2, -0.15) is 0 Å². The van der Waals surface area contributed by atoms with E-state index >= 15 is 0 Å². The zero-order chi connectivity index (χ0) is 26.5. The lowest BCUT2D eigenvalue weighted by Gasteiger charge is -2.12. The SMILES string of the molecule is NCCCn1c2ccccc2c2c1c1c3ccccc3n(CCCN)c1c1c3ccccc3n(CCCN)c21. The molecule has 0 amide bonds. The molecule has 39 heavy (non-hydrogen) atoms. The Labute approximate surface area is 227 Å². The van der Waals surface area contributed by atoms with Gasteiger partial charge in [-0.05, 0) is 57.1 Å². The summed E-state index contributed by atoms with van der Waals surface area (Å²) in [6, 6.07) is 26.7. The fourth-order valence-electron chi connectivity index (χ4n) is 6.85. The fourth-order valence-corrected chi connectivity index (χ4v) is 6.85. The Kier molecular flexibility index (Phi) is 6.04. The summed E-state index contributed by atoms with van der Waals surface area (Å²) in [4.78, 5) is 0. The third-order valence-corrected chi connectivity index (χ3v) is 8.38. The lowest BCUT2D eigenvalue weighted by atomic mass is 10.0. The minimum absolute atomic E-state index is 0.661. The van der Waals surface area contributed by atoms with Crippen LogP contribution in [0.3, 0.4) is 0 Å². The first kappa shape index (κ1) is 24.2. The third-order valence-electron chi connectivity index (χ3n) is 8.38. The van der Waals surface area contributed by atoms with Gasteiger partial charge < -0.3 is 30.9 Å². The molecule has 0 saturated heterocycles. The van der Waals surface area contributed by atoms with Crippen LogP contribution in [0, 0.1) is 0 Å². The average Bonchev–Trinajstić information content (AvgIpc) is 3.59. The summed E-state index contributed by atoms with van der Waals surface area (Å²) in [6.07, 6.45) is 2.78. The predicted octanol–water partition coefficient (Wildman–Crippen LogP) is 6.06. The smallest absolute Gasteiger partial charge is 0.0614 e. The van der Waals surface area contributed by atoms with Gasteiger partial charge >= 0.3 is 0 Å². The molecule has 0 aliphatic heterocycles. The number of para-hydroxylation sites is 3. The first-order valence-corrected chi connectivity index (χ1v) is 14.2. The maximum Gasteiger partial charge on any atom is 0.0614 e. The summed E-state index contributed by atoms with van der Waals surface area (Å²) in [5.41, 5.74) is 26.0. The number of hydrogen-bond donors (Lipinski definition) is 3. The number of aromatic nitrogens is 3. The van der Waals surface area contributed by atoms with Crippen LogP contribution in [0.25, 0.3) is 65.4 Å². The van der Waals surface area contributed by atoms with E-state index in [-0.39, 0.29) is 0 Å². The van der Waals surface area contributed by atoms with Crippen LogP contribution in [0.4, 0.5) is 0 Å². The number of hydrogen-bond acceptors (Lipinski definition) is 3. The van der Waals surface area contributed by atoms with Crippen molar-refractivity contribution in [2.24, 2.45) is 17.2 Å². The molecule has 7 rings (SSSR count). The number of nitrogens with two attached hydrogens (primary N) is 3. The molecule has 198 valence electrons. The number of fused-ring (bicyclic) bond motifs is 12. The third kappa shape index (κ3) is 3.45. The van der Waals surface area contributed by atoms with Crippen molar-refractivity contribution in [3.63, 3.8) is 0 Å². The average molecular weight is 517 g/mol. The van der Waals surface area contributed by atoms with E-state index in [9.17, 15) is 0 Å². The highest BCUT2D eigenvalue weighted by molar-refractivity contribution is 6.39. The molecule has 6 nitrogen and oxygen atoms in total. The Morgan fingerprint density at radius 3 is 0.974 bits per heavy atom. The van der Waals surface area contributed by atoms with Crippen molar-refractivity contribution in [2.75, 3.05) is 19.6 Å². The maximum atomic E-state index is 6.07. The van der Waals surface area contributed by atoms with Gasteiger partial charge in [0.1, 0.15) is 0 Å². The Morgan fingerprint density at radius 2 is 0.692 bits per heavy atom. The molecule has 3 heterocycles. The molecule has 3 aromatic heterocycles. The lowest BCUT2D eigenvalue weighted by molar-refractivity contribution is 0.684. The van der Waals surface area contributed by atoms with E-state index in [0.717, 1.165) is 38.9 Å². The van der Waals surface area contributed by atoms with Crippen molar-refractivity contribution < 1.29 is 0 Å². The highest BCUT2D eigenvalue weighted by Crippen LogP contribution is 2.48. The molecule has 0 atom stereocenters. The van der Waals surface area contributed by atoms with Gasteiger partial charge in [0, 0.05) is 68.5 Å². The summed E-state index contributed by atoms with van der Waals surface area (Å²) in [7, 11) is 0. The second-order valence-electron chi connectivity index (χ2n) is 10.6. The van der Waals surface area contributed by atoms with Gasteiger partial charge in [-0.1, -0.05) is 54.6 Å². The highest BCUT2D eigenvalue weighted by atomic mass is 15.0. The Hall–Kier alpha value is -3.84. The molecule has 0 spiro atoms. The van der Waals surface area contributed by atoms with E-state index in [1.165, 1.54) is 65.4 Å². The largest absolute Gasteiger partial charge is 0.340 e. The first-order chi connectivity index (χ1) is 19.3. The van der Waals surface area contributed by atoms with Crippen molar-refractivity contribution in [3.8, 4) is 0 Å². The van der Waals surface area contributed by atoms with Crippen LogP contribution in [0.5, 0.6) is 0 Å². The zero-order valence-electron chi connectivity index (χ0n) is 22.4. The normalized spacial score (nSPS) is 12.4. The van der Waals surface area contributed by atoms with Gasteiger partial charge in [0.05, 0.1) is 16.6 Å². The van der Waals surface area contributed by atoms with Gasteiger partial charge in [-0.25, -0.2) is 0 Å². The number of benzene rings is 4. The van der Waals surface area contributed by atoms with Crippen LogP contribution >= 0.6 is 0 Å². The Bertz CT molecular complexity index is 1730. The van der Waals surface area contributed by atoms with Crippen LogP contribution in [0.2, 0.25) is 0 Å². The van der Waals surface area contributed by atoms with Crippen molar-refractivity contribution in [2.45, 2.75) is 38.9 Å². The van der Waals surface area contributed by atoms with Crippen molar-refractivity contribution in [1.29, 1.82) is 0 Å². The van der Waals surface area contributed by atoms with Crippen molar-refractivity contribution >= 4 is 65.4 Å². The van der Waals surface area contributed by atoms with Crippen LogP contribution in [-0.4, -0.2) is 33.3 Å². The van der Waals surface area contributed by atoms with E-state index in [4.69, 9.17) is 17.2 Å². The molecule has 0 unspecified atom stereocenters. The molecule has 0 radical (unpaired) electrons. The fraction of sp³-hybridized carbons (Fsp3) is 0.273. The molecule has 7 aromatic rings. The Balaban J connectivity index is 1.84. The summed E-state index contributed by atoms with van der Waals surface area (Å²) in [5, 5.41) is 7.89. The lowest BCUT2D eigenvalue weighted by Crippen LogP contribution is -2.07.